The van der Waals surface area contributed by atoms with Crippen molar-refractivity contribution in [3.05, 3.63) is 0 Å². The average Bonchev–Trinajstić information content (AvgIpc) is 2.29. The van der Waals surface area contributed by atoms with Crippen LogP contribution in [0.15, 0.2) is 0 Å². The average molecular weight is 214 g/mol. The normalized spacial score (nSPS) is 22.2. The zero-order valence-electron chi connectivity index (χ0n) is 10.1. The highest BCUT2D eigenvalue weighted by atomic mass is 16.5. The summed E-state index contributed by atoms with van der Waals surface area (Å²) >= 11 is 0. The van der Waals surface area contributed by atoms with Crippen molar-refractivity contribution in [2.24, 2.45) is 5.73 Å². The molecule has 0 saturated carbocycles. The summed E-state index contributed by atoms with van der Waals surface area (Å²) in [5, 5.41) is 0. The largest absolute Gasteiger partial charge is 0.378 e. The second-order valence-electron chi connectivity index (χ2n) is 4.35. The van der Waals surface area contributed by atoms with Crippen LogP contribution in [0.25, 0.3) is 0 Å². The molecule has 0 aromatic carbocycles. The Bertz CT molecular complexity index is 142. The fourth-order valence-electron chi connectivity index (χ4n) is 2.19. The van der Waals surface area contributed by atoms with Crippen LogP contribution < -0.4 is 5.73 Å². The van der Waals surface area contributed by atoms with Gasteiger partial charge in [-0.15, -0.1) is 0 Å². The van der Waals surface area contributed by atoms with Crippen LogP contribution in [0.1, 0.15) is 39.0 Å². The highest BCUT2D eigenvalue weighted by molar-refractivity contribution is 4.65. The molecule has 0 spiro atoms. The molecule has 3 nitrogen and oxygen atoms in total. The quantitative estimate of drug-likeness (QED) is 0.700. The predicted molar refractivity (Wildman–Crippen MR) is 64.0 cm³/mol. The van der Waals surface area contributed by atoms with Gasteiger partial charge in [0.25, 0.3) is 0 Å². The van der Waals surface area contributed by atoms with Gasteiger partial charge in [0.15, 0.2) is 0 Å². The molecule has 0 aromatic heterocycles. The Kier molecular flexibility index (Phi) is 6.98. The standard InChI is InChI=1S/C12H26N2O/c1-2-14(10-8-13)9-5-7-12-6-3-4-11-15-12/h12H,2-11,13H2,1H3. The van der Waals surface area contributed by atoms with E-state index in [1.165, 1.54) is 38.6 Å². The van der Waals surface area contributed by atoms with Crippen molar-refractivity contribution in [3.63, 3.8) is 0 Å². The minimum absolute atomic E-state index is 0.537. The van der Waals surface area contributed by atoms with Crippen molar-refractivity contribution in [3.8, 4) is 0 Å². The van der Waals surface area contributed by atoms with Gasteiger partial charge in [-0.2, -0.15) is 0 Å². The van der Waals surface area contributed by atoms with Crippen molar-refractivity contribution >= 4 is 0 Å². The first-order valence-electron chi connectivity index (χ1n) is 6.40. The number of ether oxygens (including phenoxy) is 1. The van der Waals surface area contributed by atoms with Crippen LogP contribution in [-0.2, 0) is 4.74 Å². The first-order valence-corrected chi connectivity index (χ1v) is 6.40. The minimum atomic E-state index is 0.537. The lowest BCUT2D eigenvalue weighted by atomic mass is 10.0. The fourth-order valence-corrected chi connectivity index (χ4v) is 2.19. The van der Waals surface area contributed by atoms with Gasteiger partial charge in [0, 0.05) is 19.7 Å². The summed E-state index contributed by atoms with van der Waals surface area (Å²) in [5.74, 6) is 0. The first-order chi connectivity index (χ1) is 7.36. The SMILES string of the molecule is CCN(CCN)CCCC1CCCCO1. The van der Waals surface area contributed by atoms with Crippen molar-refractivity contribution in [2.75, 3.05) is 32.8 Å². The van der Waals surface area contributed by atoms with Gasteiger partial charge in [0.05, 0.1) is 6.10 Å². The van der Waals surface area contributed by atoms with E-state index in [0.29, 0.717) is 6.10 Å². The van der Waals surface area contributed by atoms with E-state index in [0.717, 1.165) is 26.2 Å². The van der Waals surface area contributed by atoms with Gasteiger partial charge < -0.3 is 15.4 Å². The summed E-state index contributed by atoms with van der Waals surface area (Å²) in [6, 6.07) is 0. The molecule has 1 heterocycles. The third-order valence-electron chi connectivity index (χ3n) is 3.17. The van der Waals surface area contributed by atoms with E-state index in [2.05, 4.69) is 11.8 Å². The molecule has 1 rings (SSSR count). The summed E-state index contributed by atoms with van der Waals surface area (Å²) in [4.78, 5) is 2.42. The Morgan fingerprint density at radius 1 is 1.33 bits per heavy atom. The van der Waals surface area contributed by atoms with Gasteiger partial charge in [0.2, 0.25) is 0 Å². The Morgan fingerprint density at radius 2 is 2.20 bits per heavy atom. The summed E-state index contributed by atoms with van der Waals surface area (Å²) in [5.41, 5.74) is 5.55. The molecule has 1 atom stereocenters. The Labute approximate surface area is 94.0 Å². The van der Waals surface area contributed by atoms with Crippen molar-refractivity contribution < 1.29 is 4.74 Å². The number of hydrogen-bond acceptors (Lipinski definition) is 3. The second kappa shape index (κ2) is 8.08. The van der Waals surface area contributed by atoms with E-state index >= 15 is 0 Å². The molecule has 0 aliphatic carbocycles. The number of hydrogen-bond donors (Lipinski definition) is 1. The highest BCUT2D eigenvalue weighted by Gasteiger charge is 2.13. The third-order valence-corrected chi connectivity index (χ3v) is 3.17. The van der Waals surface area contributed by atoms with Crippen LogP contribution >= 0.6 is 0 Å². The lowest BCUT2D eigenvalue weighted by Crippen LogP contribution is -2.31. The maximum absolute atomic E-state index is 5.71. The number of nitrogens with zero attached hydrogens (tertiary/aromatic N) is 1. The molecule has 3 heteroatoms. The molecule has 2 N–H and O–H groups in total. The second-order valence-corrected chi connectivity index (χ2v) is 4.35. The van der Waals surface area contributed by atoms with Crippen LogP contribution in [0.3, 0.4) is 0 Å². The molecule has 0 aromatic rings. The molecular weight excluding hydrogens is 188 g/mol. The molecule has 1 unspecified atom stereocenters. The molecule has 0 radical (unpaired) electrons. The van der Waals surface area contributed by atoms with Crippen molar-refractivity contribution in [1.29, 1.82) is 0 Å². The molecule has 0 bridgehead atoms. The molecule has 0 amide bonds. The van der Waals surface area contributed by atoms with Gasteiger partial charge in [-0.25, -0.2) is 0 Å². The van der Waals surface area contributed by atoms with E-state index in [-0.39, 0.29) is 0 Å². The van der Waals surface area contributed by atoms with Gasteiger partial charge in [-0.3, -0.25) is 0 Å². The monoisotopic (exact) mass is 214 g/mol. The third kappa shape index (κ3) is 5.50. The lowest BCUT2D eigenvalue weighted by molar-refractivity contribution is 0.00877. The van der Waals surface area contributed by atoms with E-state index in [9.17, 15) is 0 Å². The van der Waals surface area contributed by atoms with Gasteiger partial charge in [-0.1, -0.05) is 6.92 Å². The summed E-state index contributed by atoms with van der Waals surface area (Å²) in [6.45, 7) is 7.27. The predicted octanol–water partition coefficient (Wildman–Crippen LogP) is 1.62. The van der Waals surface area contributed by atoms with Gasteiger partial charge in [-0.05, 0) is 45.2 Å². The maximum Gasteiger partial charge on any atom is 0.0575 e. The molecule has 15 heavy (non-hydrogen) atoms. The summed E-state index contributed by atoms with van der Waals surface area (Å²) in [6.07, 6.45) is 6.88. The molecule has 1 fully saturated rings. The minimum Gasteiger partial charge on any atom is -0.378 e. The van der Waals surface area contributed by atoms with Crippen LogP contribution in [0.2, 0.25) is 0 Å². The lowest BCUT2D eigenvalue weighted by Gasteiger charge is -2.24. The van der Waals surface area contributed by atoms with Crippen LogP contribution in [0, 0.1) is 0 Å². The van der Waals surface area contributed by atoms with Crippen molar-refractivity contribution in [1.82, 2.24) is 4.90 Å². The molecule has 1 aliphatic heterocycles. The highest BCUT2D eigenvalue weighted by Crippen LogP contribution is 2.16. The Hall–Kier alpha value is -0.120. The molecular formula is C12H26N2O. The van der Waals surface area contributed by atoms with E-state index in [1.54, 1.807) is 0 Å². The van der Waals surface area contributed by atoms with E-state index in [1.807, 2.05) is 0 Å². The smallest absolute Gasteiger partial charge is 0.0575 e. The van der Waals surface area contributed by atoms with Crippen LogP contribution in [0.4, 0.5) is 0 Å². The first kappa shape index (κ1) is 12.9. The molecule has 1 saturated heterocycles. The Morgan fingerprint density at radius 3 is 2.80 bits per heavy atom. The molecule has 90 valence electrons. The summed E-state index contributed by atoms with van der Waals surface area (Å²) < 4.78 is 5.71. The van der Waals surface area contributed by atoms with Gasteiger partial charge in [0.1, 0.15) is 0 Å². The topological polar surface area (TPSA) is 38.5 Å². The van der Waals surface area contributed by atoms with Crippen molar-refractivity contribution in [2.45, 2.75) is 45.1 Å². The fraction of sp³-hybridized carbons (Fsp3) is 1.00. The summed E-state index contributed by atoms with van der Waals surface area (Å²) in [7, 11) is 0. The Balaban J connectivity index is 2.03. The van der Waals surface area contributed by atoms with E-state index < -0.39 is 0 Å². The van der Waals surface area contributed by atoms with Gasteiger partial charge >= 0.3 is 0 Å². The number of nitrogens with two attached hydrogens (primary N) is 1. The number of rotatable bonds is 7. The number of likely N-dealkylation sites (N-methyl/N-ethyl adjacent to an activating group) is 1. The van der Waals surface area contributed by atoms with Crippen LogP contribution in [0.5, 0.6) is 0 Å². The zero-order chi connectivity index (χ0) is 10.9. The van der Waals surface area contributed by atoms with E-state index in [4.69, 9.17) is 10.5 Å². The zero-order valence-corrected chi connectivity index (χ0v) is 10.1. The molecule has 1 aliphatic rings. The maximum atomic E-state index is 5.71. The van der Waals surface area contributed by atoms with Crippen LogP contribution in [-0.4, -0.2) is 43.8 Å².